The van der Waals surface area contributed by atoms with E-state index in [1.807, 2.05) is 0 Å². The SMILES string of the molecule is COC(=O)C1(C)COCO1. The Hall–Kier alpha value is -0.610. The lowest BCUT2D eigenvalue weighted by Gasteiger charge is -2.16. The second-order valence-corrected chi connectivity index (χ2v) is 2.33. The van der Waals surface area contributed by atoms with Crippen LogP contribution in [0.5, 0.6) is 0 Å². The molecule has 10 heavy (non-hydrogen) atoms. The molecule has 0 amide bonds. The third kappa shape index (κ3) is 1.12. The normalized spacial score (nSPS) is 32.2. The van der Waals surface area contributed by atoms with Gasteiger partial charge in [0.1, 0.15) is 6.79 Å². The van der Waals surface area contributed by atoms with Crippen molar-refractivity contribution in [3.05, 3.63) is 0 Å². The Morgan fingerprint density at radius 1 is 1.70 bits per heavy atom. The van der Waals surface area contributed by atoms with Gasteiger partial charge in [0.15, 0.2) is 5.60 Å². The highest BCUT2D eigenvalue weighted by Crippen LogP contribution is 2.18. The van der Waals surface area contributed by atoms with E-state index in [2.05, 4.69) is 4.74 Å². The molecule has 1 aliphatic heterocycles. The second-order valence-electron chi connectivity index (χ2n) is 2.33. The van der Waals surface area contributed by atoms with Gasteiger partial charge >= 0.3 is 5.97 Å². The van der Waals surface area contributed by atoms with Crippen molar-refractivity contribution in [3.8, 4) is 0 Å². The van der Waals surface area contributed by atoms with Crippen LogP contribution in [-0.2, 0) is 19.0 Å². The molecule has 4 nitrogen and oxygen atoms in total. The Kier molecular flexibility index (Phi) is 1.92. The number of hydrogen-bond donors (Lipinski definition) is 0. The molecule has 1 saturated heterocycles. The number of hydrogen-bond acceptors (Lipinski definition) is 4. The van der Waals surface area contributed by atoms with Gasteiger partial charge in [-0.3, -0.25) is 0 Å². The largest absolute Gasteiger partial charge is 0.467 e. The summed E-state index contributed by atoms with van der Waals surface area (Å²) < 4.78 is 14.3. The summed E-state index contributed by atoms with van der Waals surface area (Å²) in [5.74, 6) is -0.384. The van der Waals surface area contributed by atoms with Crippen LogP contribution >= 0.6 is 0 Å². The van der Waals surface area contributed by atoms with E-state index in [0.717, 1.165) is 0 Å². The standard InChI is InChI=1S/C6H10O4/c1-6(5(7)8-2)3-9-4-10-6/h3-4H2,1-2H3. The van der Waals surface area contributed by atoms with Gasteiger partial charge in [0.05, 0.1) is 13.7 Å². The molecule has 1 unspecified atom stereocenters. The molecule has 58 valence electrons. The zero-order valence-electron chi connectivity index (χ0n) is 6.05. The summed E-state index contributed by atoms with van der Waals surface area (Å²) in [5.41, 5.74) is -0.880. The van der Waals surface area contributed by atoms with Crippen LogP contribution in [-0.4, -0.2) is 32.1 Å². The van der Waals surface area contributed by atoms with Crippen molar-refractivity contribution in [3.63, 3.8) is 0 Å². The van der Waals surface area contributed by atoms with Gasteiger partial charge in [0.25, 0.3) is 0 Å². The molecular weight excluding hydrogens is 136 g/mol. The Morgan fingerprint density at radius 2 is 2.40 bits per heavy atom. The highest BCUT2D eigenvalue weighted by molar-refractivity contribution is 5.79. The molecule has 0 saturated carbocycles. The second kappa shape index (κ2) is 2.56. The van der Waals surface area contributed by atoms with E-state index in [-0.39, 0.29) is 19.4 Å². The summed E-state index contributed by atoms with van der Waals surface area (Å²) in [6, 6.07) is 0. The summed E-state index contributed by atoms with van der Waals surface area (Å²) in [6.07, 6.45) is 0. The molecular formula is C6H10O4. The van der Waals surface area contributed by atoms with Crippen LogP contribution in [0.1, 0.15) is 6.92 Å². The summed E-state index contributed by atoms with van der Waals surface area (Å²) in [6.45, 7) is 2.09. The van der Waals surface area contributed by atoms with Crippen LogP contribution < -0.4 is 0 Å². The fourth-order valence-electron chi connectivity index (χ4n) is 0.784. The number of rotatable bonds is 1. The average molecular weight is 146 g/mol. The molecule has 0 aliphatic carbocycles. The predicted octanol–water partition coefficient (Wildman–Crippen LogP) is -0.0776. The fourth-order valence-corrected chi connectivity index (χ4v) is 0.784. The minimum atomic E-state index is -0.880. The first-order chi connectivity index (χ1) is 4.69. The first-order valence-electron chi connectivity index (χ1n) is 2.99. The predicted molar refractivity (Wildman–Crippen MR) is 32.3 cm³/mol. The van der Waals surface area contributed by atoms with Crippen LogP contribution in [0.25, 0.3) is 0 Å². The molecule has 1 fully saturated rings. The van der Waals surface area contributed by atoms with Crippen LogP contribution in [0.2, 0.25) is 0 Å². The van der Waals surface area contributed by atoms with Gasteiger partial charge in [-0.05, 0) is 6.92 Å². The van der Waals surface area contributed by atoms with Crippen LogP contribution in [0.4, 0.5) is 0 Å². The maximum absolute atomic E-state index is 10.9. The number of carbonyl (C=O) groups excluding carboxylic acids is 1. The highest BCUT2D eigenvalue weighted by Gasteiger charge is 2.39. The van der Waals surface area contributed by atoms with Gasteiger partial charge in [-0.25, -0.2) is 4.79 Å². The number of methoxy groups -OCH3 is 1. The quantitative estimate of drug-likeness (QED) is 0.485. The van der Waals surface area contributed by atoms with E-state index < -0.39 is 5.60 Å². The lowest BCUT2D eigenvalue weighted by Crippen LogP contribution is -2.38. The van der Waals surface area contributed by atoms with Crippen molar-refractivity contribution in [1.82, 2.24) is 0 Å². The zero-order valence-corrected chi connectivity index (χ0v) is 6.05. The zero-order chi connectivity index (χ0) is 7.61. The molecule has 0 bridgehead atoms. The minimum absolute atomic E-state index is 0.172. The maximum atomic E-state index is 10.9. The lowest BCUT2D eigenvalue weighted by atomic mass is 10.1. The van der Waals surface area contributed by atoms with Gasteiger partial charge in [-0.1, -0.05) is 0 Å². The molecule has 0 N–H and O–H groups in total. The Labute approximate surface area is 59.1 Å². The van der Waals surface area contributed by atoms with Crippen molar-refractivity contribution in [2.45, 2.75) is 12.5 Å². The van der Waals surface area contributed by atoms with Gasteiger partial charge in [0, 0.05) is 0 Å². The molecule has 4 heteroatoms. The van der Waals surface area contributed by atoms with Gasteiger partial charge in [-0.15, -0.1) is 0 Å². The summed E-state index contributed by atoms with van der Waals surface area (Å²) in [5, 5.41) is 0. The topological polar surface area (TPSA) is 44.8 Å². The molecule has 1 atom stereocenters. The third-order valence-electron chi connectivity index (χ3n) is 1.46. The summed E-state index contributed by atoms with van der Waals surface area (Å²) in [4.78, 5) is 10.9. The van der Waals surface area contributed by atoms with E-state index >= 15 is 0 Å². The Bertz CT molecular complexity index is 137. The minimum Gasteiger partial charge on any atom is -0.467 e. The number of carbonyl (C=O) groups is 1. The van der Waals surface area contributed by atoms with Gasteiger partial charge in [0.2, 0.25) is 0 Å². The van der Waals surface area contributed by atoms with Gasteiger partial charge in [-0.2, -0.15) is 0 Å². The highest BCUT2D eigenvalue weighted by atomic mass is 16.7. The fraction of sp³-hybridized carbons (Fsp3) is 0.833. The van der Waals surface area contributed by atoms with E-state index in [4.69, 9.17) is 9.47 Å². The molecule has 0 aromatic carbocycles. The maximum Gasteiger partial charge on any atom is 0.340 e. The molecule has 0 spiro atoms. The summed E-state index contributed by atoms with van der Waals surface area (Å²) in [7, 11) is 1.33. The molecule has 1 heterocycles. The van der Waals surface area contributed by atoms with Crippen LogP contribution in [0.15, 0.2) is 0 Å². The third-order valence-corrected chi connectivity index (χ3v) is 1.46. The van der Waals surface area contributed by atoms with Crippen molar-refractivity contribution < 1.29 is 19.0 Å². The number of esters is 1. The first kappa shape index (κ1) is 7.50. The average Bonchev–Trinajstić information content (AvgIpc) is 2.36. The first-order valence-corrected chi connectivity index (χ1v) is 2.99. The van der Waals surface area contributed by atoms with E-state index in [1.165, 1.54) is 7.11 Å². The van der Waals surface area contributed by atoms with E-state index in [0.29, 0.717) is 0 Å². The molecule has 1 aliphatic rings. The van der Waals surface area contributed by atoms with E-state index in [9.17, 15) is 4.79 Å². The van der Waals surface area contributed by atoms with Crippen LogP contribution in [0.3, 0.4) is 0 Å². The monoisotopic (exact) mass is 146 g/mol. The lowest BCUT2D eigenvalue weighted by molar-refractivity contribution is -0.160. The Balaban J connectivity index is 2.58. The molecule has 0 radical (unpaired) electrons. The summed E-state index contributed by atoms with van der Waals surface area (Å²) >= 11 is 0. The van der Waals surface area contributed by atoms with Crippen LogP contribution in [0, 0.1) is 0 Å². The molecule has 0 aromatic heterocycles. The van der Waals surface area contributed by atoms with Crippen molar-refractivity contribution in [1.29, 1.82) is 0 Å². The van der Waals surface area contributed by atoms with Crippen molar-refractivity contribution in [2.75, 3.05) is 20.5 Å². The van der Waals surface area contributed by atoms with Crippen molar-refractivity contribution in [2.24, 2.45) is 0 Å². The molecule has 1 rings (SSSR count). The van der Waals surface area contributed by atoms with Crippen molar-refractivity contribution >= 4 is 5.97 Å². The smallest absolute Gasteiger partial charge is 0.340 e. The molecule has 0 aromatic rings. The number of ether oxygens (including phenoxy) is 3. The van der Waals surface area contributed by atoms with E-state index in [1.54, 1.807) is 6.92 Å². The Morgan fingerprint density at radius 3 is 2.80 bits per heavy atom. The van der Waals surface area contributed by atoms with Gasteiger partial charge < -0.3 is 14.2 Å².